The summed E-state index contributed by atoms with van der Waals surface area (Å²) in [4.78, 5) is 0. The Bertz CT molecular complexity index is 228. The van der Waals surface area contributed by atoms with Gasteiger partial charge in [0.25, 0.3) is 0 Å². The van der Waals surface area contributed by atoms with Gasteiger partial charge < -0.3 is 0 Å². The van der Waals surface area contributed by atoms with E-state index >= 15 is 0 Å². The zero-order valence-corrected chi connectivity index (χ0v) is 6.02. The Morgan fingerprint density at radius 2 is 2.20 bits per heavy atom. The van der Waals surface area contributed by atoms with E-state index in [9.17, 15) is 4.39 Å². The van der Waals surface area contributed by atoms with Gasteiger partial charge in [0.1, 0.15) is 5.82 Å². The molecule has 10 heavy (non-hydrogen) atoms. The minimum absolute atomic E-state index is 0.144. The molecule has 0 unspecified atom stereocenters. The highest BCUT2D eigenvalue weighted by Gasteiger charge is 1.97. The Kier molecular flexibility index (Phi) is 2.05. The summed E-state index contributed by atoms with van der Waals surface area (Å²) in [6.07, 6.45) is 0.520. The number of hydrogen-bond donors (Lipinski definition) is 0. The highest BCUT2D eigenvalue weighted by molar-refractivity contribution is 5.23. The molecule has 1 aromatic carbocycles. The zero-order chi connectivity index (χ0) is 7.56. The third-order valence-electron chi connectivity index (χ3n) is 1.48. The van der Waals surface area contributed by atoms with Gasteiger partial charge in [-0.3, -0.25) is 0 Å². The van der Waals surface area contributed by atoms with E-state index in [0.717, 1.165) is 5.56 Å². The van der Waals surface area contributed by atoms with E-state index in [1.165, 1.54) is 6.07 Å². The fourth-order valence-corrected chi connectivity index (χ4v) is 0.855. The quantitative estimate of drug-likeness (QED) is 0.558. The van der Waals surface area contributed by atoms with Crippen molar-refractivity contribution >= 4 is 0 Å². The molecule has 1 aromatic rings. The number of benzene rings is 1. The largest absolute Gasteiger partial charge is 0.207 e. The lowest BCUT2D eigenvalue weighted by Gasteiger charge is -1.98. The van der Waals surface area contributed by atoms with E-state index in [-0.39, 0.29) is 5.82 Å². The van der Waals surface area contributed by atoms with Gasteiger partial charge in [-0.15, -0.1) is 0 Å². The molecule has 0 aromatic heterocycles. The van der Waals surface area contributed by atoms with Crippen LogP contribution in [0.25, 0.3) is 0 Å². The summed E-state index contributed by atoms with van der Waals surface area (Å²) in [5.74, 6) is -0.144. The minimum Gasteiger partial charge on any atom is -0.207 e. The Morgan fingerprint density at radius 3 is 2.70 bits per heavy atom. The molecule has 0 aliphatic heterocycles. The topological polar surface area (TPSA) is 0 Å². The van der Waals surface area contributed by atoms with Crippen molar-refractivity contribution in [3.8, 4) is 0 Å². The van der Waals surface area contributed by atoms with Gasteiger partial charge >= 0.3 is 0 Å². The van der Waals surface area contributed by atoms with Crippen LogP contribution in [-0.4, -0.2) is 0 Å². The lowest BCUT2D eigenvalue weighted by atomic mass is 10.1. The fraction of sp³-hybridized carbons (Fsp3) is 0.222. The second-order valence-corrected chi connectivity index (χ2v) is 2.34. The van der Waals surface area contributed by atoms with Crippen LogP contribution in [0.15, 0.2) is 18.2 Å². The van der Waals surface area contributed by atoms with Gasteiger partial charge in [0.05, 0.1) is 0 Å². The molecule has 53 valence electrons. The molecule has 0 atom stereocenters. The molecular formula is C9H10F. The molecule has 1 heteroatoms. The molecule has 1 radical (unpaired) electrons. The predicted octanol–water partition coefficient (Wildman–Crippen LogP) is 2.51. The summed E-state index contributed by atoms with van der Waals surface area (Å²) < 4.78 is 12.8. The van der Waals surface area contributed by atoms with E-state index in [1.807, 2.05) is 13.0 Å². The fourth-order valence-electron chi connectivity index (χ4n) is 0.855. The van der Waals surface area contributed by atoms with Crippen molar-refractivity contribution in [3.63, 3.8) is 0 Å². The van der Waals surface area contributed by atoms with Crippen LogP contribution in [0.3, 0.4) is 0 Å². The van der Waals surface area contributed by atoms with E-state index in [1.54, 1.807) is 6.07 Å². The first kappa shape index (κ1) is 7.26. The van der Waals surface area contributed by atoms with Crippen LogP contribution in [-0.2, 0) is 6.42 Å². The van der Waals surface area contributed by atoms with E-state index in [4.69, 9.17) is 0 Å². The Hall–Kier alpha value is -0.850. The molecule has 0 saturated heterocycles. The first-order valence-electron chi connectivity index (χ1n) is 3.28. The smallest absolute Gasteiger partial charge is 0.126 e. The average molecular weight is 137 g/mol. The number of halogens is 1. The minimum atomic E-state index is -0.144. The molecule has 0 N–H and O–H groups in total. The van der Waals surface area contributed by atoms with Gasteiger partial charge in [-0.05, 0) is 37.5 Å². The van der Waals surface area contributed by atoms with E-state index in [2.05, 4.69) is 6.92 Å². The van der Waals surface area contributed by atoms with Crippen LogP contribution < -0.4 is 0 Å². The SMILES string of the molecule is [CH2]Cc1ccc(C)cc1F. The Balaban J connectivity index is 3.07. The molecule has 1 rings (SSSR count). The number of hydrogen-bond acceptors (Lipinski definition) is 0. The van der Waals surface area contributed by atoms with Crippen molar-refractivity contribution in [3.05, 3.63) is 42.1 Å². The molecule has 0 spiro atoms. The number of aryl methyl sites for hydroxylation is 1. The molecule has 0 aliphatic rings. The molecule has 0 amide bonds. The van der Waals surface area contributed by atoms with Gasteiger partial charge in [-0.1, -0.05) is 12.1 Å². The third-order valence-corrected chi connectivity index (χ3v) is 1.48. The maximum Gasteiger partial charge on any atom is 0.126 e. The number of rotatable bonds is 1. The maximum atomic E-state index is 12.8. The molecular weight excluding hydrogens is 127 g/mol. The first-order chi connectivity index (χ1) is 4.74. The van der Waals surface area contributed by atoms with Crippen molar-refractivity contribution in [2.45, 2.75) is 13.3 Å². The van der Waals surface area contributed by atoms with Crippen molar-refractivity contribution in [1.82, 2.24) is 0 Å². The predicted molar refractivity (Wildman–Crippen MR) is 40.2 cm³/mol. The summed E-state index contributed by atoms with van der Waals surface area (Å²) in [5.41, 5.74) is 1.64. The molecule has 0 fully saturated rings. The average Bonchev–Trinajstić information content (AvgIpc) is 1.88. The lowest BCUT2D eigenvalue weighted by molar-refractivity contribution is 0.613. The Labute approximate surface area is 60.7 Å². The summed E-state index contributed by atoms with van der Waals surface area (Å²) >= 11 is 0. The molecule has 0 saturated carbocycles. The standard InChI is InChI=1S/C9H10F/c1-3-8-5-4-7(2)6-9(8)10/h4-6H,1,3H2,2H3. The van der Waals surface area contributed by atoms with Gasteiger partial charge in [0, 0.05) is 0 Å². The van der Waals surface area contributed by atoms with Gasteiger partial charge in [-0.2, -0.15) is 0 Å². The third kappa shape index (κ3) is 1.35. The van der Waals surface area contributed by atoms with Crippen LogP contribution in [0.1, 0.15) is 11.1 Å². The molecule has 0 bridgehead atoms. The van der Waals surface area contributed by atoms with E-state index in [0.29, 0.717) is 12.0 Å². The Morgan fingerprint density at radius 1 is 1.50 bits per heavy atom. The lowest BCUT2D eigenvalue weighted by Crippen LogP contribution is -1.87. The van der Waals surface area contributed by atoms with Crippen LogP contribution >= 0.6 is 0 Å². The maximum absolute atomic E-state index is 12.8. The van der Waals surface area contributed by atoms with Crippen molar-refractivity contribution in [2.24, 2.45) is 0 Å². The highest BCUT2D eigenvalue weighted by Crippen LogP contribution is 2.09. The summed E-state index contributed by atoms with van der Waals surface area (Å²) in [6, 6.07) is 5.20. The highest BCUT2D eigenvalue weighted by atomic mass is 19.1. The van der Waals surface area contributed by atoms with Gasteiger partial charge in [-0.25, -0.2) is 4.39 Å². The van der Waals surface area contributed by atoms with Crippen molar-refractivity contribution < 1.29 is 4.39 Å². The normalized spacial score (nSPS) is 9.90. The second kappa shape index (κ2) is 2.82. The van der Waals surface area contributed by atoms with E-state index < -0.39 is 0 Å². The van der Waals surface area contributed by atoms with Crippen molar-refractivity contribution in [2.75, 3.05) is 0 Å². The van der Waals surface area contributed by atoms with Crippen LogP contribution in [0.4, 0.5) is 4.39 Å². The van der Waals surface area contributed by atoms with Gasteiger partial charge in [0.2, 0.25) is 0 Å². The van der Waals surface area contributed by atoms with Crippen LogP contribution in [0.5, 0.6) is 0 Å². The van der Waals surface area contributed by atoms with Crippen LogP contribution in [0, 0.1) is 19.7 Å². The van der Waals surface area contributed by atoms with Gasteiger partial charge in [0.15, 0.2) is 0 Å². The summed E-state index contributed by atoms with van der Waals surface area (Å²) in [5, 5.41) is 0. The monoisotopic (exact) mass is 137 g/mol. The summed E-state index contributed by atoms with van der Waals surface area (Å²) in [6.45, 7) is 5.48. The zero-order valence-electron chi connectivity index (χ0n) is 6.02. The second-order valence-electron chi connectivity index (χ2n) is 2.34. The summed E-state index contributed by atoms with van der Waals surface area (Å²) in [7, 11) is 0. The molecule has 0 nitrogen and oxygen atoms in total. The molecule has 0 aliphatic carbocycles. The first-order valence-corrected chi connectivity index (χ1v) is 3.28. The molecule has 0 heterocycles. The van der Waals surface area contributed by atoms with Crippen molar-refractivity contribution in [1.29, 1.82) is 0 Å². The van der Waals surface area contributed by atoms with Crippen LogP contribution in [0.2, 0.25) is 0 Å².